The van der Waals surface area contributed by atoms with Crippen LogP contribution in [0.3, 0.4) is 0 Å². The van der Waals surface area contributed by atoms with Crippen LogP contribution >= 0.6 is 0 Å². The second kappa shape index (κ2) is 4.31. The van der Waals surface area contributed by atoms with Crippen LogP contribution in [-0.2, 0) is 4.74 Å². The second-order valence-corrected chi connectivity index (χ2v) is 3.43. The summed E-state index contributed by atoms with van der Waals surface area (Å²) in [4.78, 5) is 19.1. The number of carbonyl (C=O) groups excluding carboxylic acids is 1. The zero-order valence-corrected chi connectivity index (χ0v) is 8.56. The molecule has 1 aliphatic rings. The number of aryl methyl sites for hydroxylation is 1. The largest absolute Gasteiger partial charge is 0.377 e. The van der Waals surface area contributed by atoms with Crippen molar-refractivity contribution in [2.75, 3.05) is 13.2 Å². The minimum Gasteiger partial charge on any atom is -0.377 e. The number of rotatable bonds is 2. The lowest BCUT2D eigenvalue weighted by molar-refractivity contribution is 0.111. The summed E-state index contributed by atoms with van der Waals surface area (Å²) in [5, 5.41) is 0. The normalized spacial score (nSPS) is 15.9. The van der Waals surface area contributed by atoms with E-state index in [4.69, 9.17) is 4.74 Å². The summed E-state index contributed by atoms with van der Waals surface area (Å²) in [6.07, 6.45) is 3.52. The lowest BCUT2D eigenvalue weighted by Crippen LogP contribution is -2.08. The maximum atomic E-state index is 10.7. The fourth-order valence-electron chi connectivity index (χ4n) is 1.53. The van der Waals surface area contributed by atoms with E-state index in [1.165, 1.54) is 0 Å². The smallest absolute Gasteiger partial charge is 0.168 e. The van der Waals surface area contributed by atoms with E-state index in [0.717, 1.165) is 24.0 Å². The van der Waals surface area contributed by atoms with E-state index in [9.17, 15) is 4.79 Å². The average molecular weight is 204 g/mol. The van der Waals surface area contributed by atoms with Crippen LogP contribution in [0.1, 0.15) is 28.4 Å². The van der Waals surface area contributed by atoms with Crippen molar-refractivity contribution in [2.45, 2.75) is 13.3 Å². The molecule has 1 aromatic rings. The predicted molar refractivity (Wildman–Crippen MR) is 55.6 cm³/mol. The summed E-state index contributed by atoms with van der Waals surface area (Å²) in [5.41, 5.74) is 2.31. The molecule has 15 heavy (non-hydrogen) atoms. The number of carbonyl (C=O) groups is 1. The Hall–Kier alpha value is -1.55. The molecule has 0 bridgehead atoms. The lowest BCUT2D eigenvalue weighted by atomic mass is 10.1. The Balaban J connectivity index is 2.38. The number of aldehydes is 1. The standard InChI is InChI=1S/C11H12N2O2/c1-8-6-10(7-14)13-11(12-8)9-2-4-15-5-3-9/h2,6-7H,3-5H2,1H3. The van der Waals surface area contributed by atoms with E-state index in [2.05, 4.69) is 9.97 Å². The summed E-state index contributed by atoms with van der Waals surface area (Å²) < 4.78 is 5.21. The average Bonchev–Trinajstić information content (AvgIpc) is 2.29. The highest BCUT2D eigenvalue weighted by Gasteiger charge is 2.10. The second-order valence-electron chi connectivity index (χ2n) is 3.43. The maximum absolute atomic E-state index is 10.7. The molecule has 4 heteroatoms. The van der Waals surface area contributed by atoms with Crippen LogP contribution in [0.4, 0.5) is 0 Å². The summed E-state index contributed by atoms with van der Waals surface area (Å²) >= 11 is 0. The van der Waals surface area contributed by atoms with E-state index in [1.807, 2.05) is 13.0 Å². The fraction of sp³-hybridized carbons (Fsp3) is 0.364. The molecule has 0 saturated carbocycles. The highest BCUT2D eigenvalue weighted by Crippen LogP contribution is 2.17. The molecule has 0 aliphatic carbocycles. The quantitative estimate of drug-likeness (QED) is 0.683. The highest BCUT2D eigenvalue weighted by molar-refractivity contribution is 5.73. The molecule has 2 rings (SSSR count). The van der Waals surface area contributed by atoms with Crippen molar-refractivity contribution in [3.05, 3.63) is 29.4 Å². The topological polar surface area (TPSA) is 52.1 Å². The predicted octanol–water partition coefficient (Wildman–Crippen LogP) is 1.40. The minimum atomic E-state index is 0.435. The monoisotopic (exact) mass is 204 g/mol. The van der Waals surface area contributed by atoms with Gasteiger partial charge in [0.25, 0.3) is 0 Å². The molecular weight excluding hydrogens is 192 g/mol. The molecule has 1 aliphatic heterocycles. The van der Waals surface area contributed by atoms with E-state index in [0.29, 0.717) is 24.7 Å². The van der Waals surface area contributed by atoms with Crippen molar-refractivity contribution in [1.82, 2.24) is 9.97 Å². The highest BCUT2D eigenvalue weighted by atomic mass is 16.5. The molecule has 0 spiro atoms. The van der Waals surface area contributed by atoms with Crippen molar-refractivity contribution < 1.29 is 9.53 Å². The van der Waals surface area contributed by atoms with Gasteiger partial charge in [0.1, 0.15) is 5.69 Å². The van der Waals surface area contributed by atoms with E-state index in [-0.39, 0.29) is 0 Å². The zero-order chi connectivity index (χ0) is 10.7. The number of hydrogen-bond donors (Lipinski definition) is 0. The molecule has 0 amide bonds. The van der Waals surface area contributed by atoms with Crippen LogP contribution in [-0.4, -0.2) is 29.5 Å². The SMILES string of the molecule is Cc1cc(C=O)nc(C2=CCOCC2)n1. The van der Waals surface area contributed by atoms with Crippen molar-refractivity contribution in [1.29, 1.82) is 0 Å². The molecule has 78 valence electrons. The van der Waals surface area contributed by atoms with Crippen LogP contribution in [0.15, 0.2) is 12.1 Å². The minimum absolute atomic E-state index is 0.435. The van der Waals surface area contributed by atoms with Crippen molar-refractivity contribution in [2.24, 2.45) is 0 Å². The van der Waals surface area contributed by atoms with Gasteiger partial charge in [0, 0.05) is 5.69 Å². The molecule has 0 saturated heterocycles. The molecule has 0 N–H and O–H groups in total. The van der Waals surface area contributed by atoms with Gasteiger partial charge in [-0.3, -0.25) is 4.79 Å². The van der Waals surface area contributed by atoms with Gasteiger partial charge in [-0.1, -0.05) is 6.08 Å². The first kappa shape index (κ1) is 9.98. The Morgan fingerprint density at radius 3 is 3.00 bits per heavy atom. The van der Waals surface area contributed by atoms with Gasteiger partial charge in [0.2, 0.25) is 0 Å². The van der Waals surface area contributed by atoms with Gasteiger partial charge in [0.15, 0.2) is 12.1 Å². The zero-order valence-electron chi connectivity index (χ0n) is 8.56. The Kier molecular flexibility index (Phi) is 2.87. The number of ether oxygens (including phenoxy) is 1. The van der Waals surface area contributed by atoms with Gasteiger partial charge in [-0.05, 0) is 25.0 Å². The Labute approximate surface area is 88.0 Å². The van der Waals surface area contributed by atoms with Gasteiger partial charge < -0.3 is 4.74 Å². The molecule has 0 fully saturated rings. The van der Waals surface area contributed by atoms with Gasteiger partial charge in [-0.2, -0.15) is 0 Å². The fourth-order valence-corrected chi connectivity index (χ4v) is 1.53. The third kappa shape index (κ3) is 2.27. The van der Waals surface area contributed by atoms with Crippen molar-refractivity contribution in [3.8, 4) is 0 Å². The van der Waals surface area contributed by atoms with Gasteiger partial charge in [-0.25, -0.2) is 9.97 Å². The summed E-state index contributed by atoms with van der Waals surface area (Å²) in [5.74, 6) is 0.653. The summed E-state index contributed by atoms with van der Waals surface area (Å²) in [7, 11) is 0. The van der Waals surface area contributed by atoms with Crippen LogP contribution < -0.4 is 0 Å². The third-order valence-corrected chi connectivity index (χ3v) is 2.25. The summed E-state index contributed by atoms with van der Waals surface area (Å²) in [6.45, 7) is 3.15. The molecule has 0 unspecified atom stereocenters. The third-order valence-electron chi connectivity index (χ3n) is 2.25. The van der Waals surface area contributed by atoms with E-state index >= 15 is 0 Å². The van der Waals surface area contributed by atoms with Crippen LogP contribution in [0, 0.1) is 6.92 Å². The Morgan fingerprint density at radius 2 is 2.33 bits per heavy atom. The first-order valence-electron chi connectivity index (χ1n) is 4.87. The molecule has 1 aromatic heterocycles. The molecule has 2 heterocycles. The van der Waals surface area contributed by atoms with Crippen LogP contribution in [0.2, 0.25) is 0 Å². The van der Waals surface area contributed by atoms with Crippen molar-refractivity contribution >= 4 is 11.9 Å². The van der Waals surface area contributed by atoms with Crippen LogP contribution in [0.5, 0.6) is 0 Å². The van der Waals surface area contributed by atoms with E-state index in [1.54, 1.807) is 6.07 Å². The van der Waals surface area contributed by atoms with Gasteiger partial charge >= 0.3 is 0 Å². The van der Waals surface area contributed by atoms with Crippen molar-refractivity contribution in [3.63, 3.8) is 0 Å². The number of nitrogens with zero attached hydrogens (tertiary/aromatic N) is 2. The molecule has 0 aromatic carbocycles. The van der Waals surface area contributed by atoms with Gasteiger partial charge in [-0.15, -0.1) is 0 Å². The molecule has 0 atom stereocenters. The van der Waals surface area contributed by atoms with Gasteiger partial charge in [0.05, 0.1) is 13.2 Å². The summed E-state index contributed by atoms with van der Waals surface area (Å²) in [6, 6.07) is 1.68. The van der Waals surface area contributed by atoms with Crippen LogP contribution in [0.25, 0.3) is 5.57 Å². The lowest BCUT2D eigenvalue weighted by Gasteiger charge is -2.12. The van der Waals surface area contributed by atoms with E-state index < -0.39 is 0 Å². The maximum Gasteiger partial charge on any atom is 0.168 e. The Bertz CT molecular complexity index is 413. The molecular formula is C11H12N2O2. The number of hydrogen-bond acceptors (Lipinski definition) is 4. The first-order valence-corrected chi connectivity index (χ1v) is 4.87. The Morgan fingerprint density at radius 1 is 1.47 bits per heavy atom. The first-order chi connectivity index (χ1) is 7.29. The molecule has 0 radical (unpaired) electrons. The number of aromatic nitrogens is 2. The molecule has 4 nitrogen and oxygen atoms in total.